The summed E-state index contributed by atoms with van der Waals surface area (Å²) in [4.78, 5) is 4.07. The van der Waals surface area contributed by atoms with Crippen LogP contribution in [0.5, 0.6) is 0 Å². The fourth-order valence-corrected chi connectivity index (χ4v) is 3.04. The fourth-order valence-electron chi connectivity index (χ4n) is 1.79. The Morgan fingerprint density at radius 1 is 1.53 bits per heavy atom. The summed E-state index contributed by atoms with van der Waals surface area (Å²) in [6.07, 6.45) is 4.35. The second-order valence-corrected chi connectivity index (χ2v) is 5.71. The lowest BCUT2D eigenvalue weighted by Gasteiger charge is -2.29. The molecule has 2 atom stereocenters. The van der Waals surface area contributed by atoms with E-state index in [1.54, 1.807) is 6.20 Å². The molecule has 1 fully saturated rings. The van der Waals surface area contributed by atoms with Gasteiger partial charge in [-0.2, -0.15) is 11.8 Å². The van der Waals surface area contributed by atoms with Crippen LogP contribution >= 0.6 is 23.4 Å². The van der Waals surface area contributed by atoms with Crippen molar-refractivity contribution < 1.29 is 0 Å². The maximum Gasteiger partial charge on any atom is 0.129 e. The van der Waals surface area contributed by atoms with Gasteiger partial charge in [0.2, 0.25) is 0 Å². The van der Waals surface area contributed by atoms with Crippen molar-refractivity contribution >= 4 is 29.1 Å². The van der Waals surface area contributed by atoms with Gasteiger partial charge in [-0.05, 0) is 30.7 Å². The number of halogens is 1. The molecule has 2 nitrogen and oxygen atoms in total. The van der Waals surface area contributed by atoms with Gasteiger partial charge in [0.15, 0.2) is 0 Å². The third-order valence-electron chi connectivity index (χ3n) is 2.69. The van der Waals surface area contributed by atoms with E-state index in [0.717, 1.165) is 5.69 Å². The Labute approximate surface area is 99.8 Å². The quantitative estimate of drug-likeness (QED) is 0.805. The van der Waals surface area contributed by atoms with Gasteiger partial charge in [-0.1, -0.05) is 18.5 Å². The maximum atomic E-state index is 5.74. The van der Waals surface area contributed by atoms with Gasteiger partial charge in [-0.15, -0.1) is 0 Å². The van der Waals surface area contributed by atoms with Gasteiger partial charge >= 0.3 is 0 Å². The zero-order valence-electron chi connectivity index (χ0n) is 8.74. The van der Waals surface area contributed by atoms with Crippen molar-refractivity contribution in [3.05, 3.63) is 23.5 Å². The van der Waals surface area contributed by atoms with Crippen molar-refractivity contribution in [2.24, 2.45) is 0 Å². The first kappa shape index (κ1) is 11.1. The molecule has 0 amide bonds. The molecular weight excluding hydrogens is 228 g/mol. The number of aromatic nitrogens is 1. The predicted molar refractivity (Wildman–Crippen MR) is 67.8 cm³/mol. The molecule has 0 aliphatic carbocycles. The molecule has 4 heteroatoms. The minimum Gasteiger partial charge on any atom is -0.380 e. The highest BCUT2D eigenvalue weighted by Crippen LogP contribution is 2.27. The lowest BCUT2D eigenvalue weighted by molar-refractivity contribution is 0.617. The van der Waals surface area contributed by atoms with Crippen LogP contribution in [0.3, 0.4) is 0 Å². The lowest BCUT2D eigenvalue weighted by atomic mass is 10.1. The largest absolute Gasteiger partial charge is 0.380 e. The van der Waals surface area contributed by atoms with Crippen LogP contribution in [0.15, 0.2) is 18.3 Å². The van der Waals surface area contributed by atoms with Crippen molar-refractivity contribution in [1.82, 2.24) is 4.98 Å². The number of pyridine rings is 1. The summed E-state index contributed by atoms with van der Waals surface area (Å²) in [7, 11) is 0. The number of hydrogen-bond donors (Lipinski definition) is 1. The Morgan fingerprint density at radius 3 is 3.07 bits per heavy atom. The summed E-state index contributed by atoms with van der Waals surface area (Å²) in [5.74, 6) is 1.29. The SMILES string of the molecule is CC1SCCCC1Nc1ccc(Cl)nc1. The molecule has 15 heavy (non-hydrogen) atoms. The number of anilines is 1. The molecule has 1 N–H and O–H groups in total. The van der Waals surface area contributed by atoms with E-state index in [0.29, 0.717) is 16.4 Å². The molecule has 0 bridgehead atoms. The number of nitrogens with one attached hydrogen (secondary N) is 1. The minimum atomic E-state index is 0.548. The molecule has 0 aromatic carbocycles. The average molecular weight is 243 g/mol. The van der Waals surface area contributed by atoms with Gasteiger partial charge in [0.25, 0.3) is 0 Å². The Bertz CT molecular complexity index is 315. The van der Waals surface area contributed by atoms with Crippen LogP contribution in [-0.4, -0.2) is 22.0 Å². The number of thioether (sulfide) groups is 1. The van der Waals surface area contributed by atoms with Crippen molar-refractivity contribution in [2.45, 2.75) is 31.1 Å². The van der Waals surface area contributed by atoms with Crippen LogP contribution in [0.4, 0.5) is 5.69 Å². The number of rotatable bonds is 2. The molecule has 0 spiro atoms. The highest BCUT2D eigenvalue weighted by Gasteiger charge is 2.21. The summed E-state index contributed by atoms with van der Waals surface area (Å²) in [6, 6.07) is 4.37. The van der Waals surface area contributed by atoms with Gasteiger partial charge in [-0.3, -0.25) is 0 Å². The van der Waals surface area contributed by atoms with Gasteiger partial charge in [0.05, 0.1) is 11.9 Å². The first-order valence-electron chi connectivity index (χ1n) is 5.25. The second kappa shape index (κ2) is 5.08. The van der Waals surface area contributed by atoms with Crippen LogP contribution in [0.1, 0.15) is 19.8 Å². The van der Waals surface area contributed by atoms with Crippen LogP contribution in [-0.2, 0) is 0 Å². The van der Waals surface area contributed by atoms with Gasteiger partial charge in [0, 0.05) is 11.3 Å². The summed E-state index contributed by atoms with van der Waals surface area (Å²) in [6.45, 7) is 2.28. The first-order chi connectivity index (χ1) is 7.25. The summed E-state index contributed by atoms with van der Waals surface area (Å²) in [5, 5.41) is 4.74. The molecule has 1 aliphatic heterocycles. The molecule has 1 aromatic heterocycles. The predicted octanol–water partition coefficient (Wildman–Crippen LogP) is 3.43. The third-order valence-corrected chi connectivity index (χ3v) is 4.29. The maximum absolute atomic E-state index is 5.74. The van der Waals surface area contributed by atoms with E-state index >= 15 is 0 Å². The third kappa shape index (κ3) is 3.02. The summed E-state index contributed by atoms with van der Waals surface area (Å²) in [5.41, 5.74) is 1.07. The van der Waals surface area contributed by atoms with Crippen LogP contribution in [0.2, 0.25) is 5.15 Å². The molecule has 2 unspecified atom stereocenters. The summed E-state index contributed by atoms with van der Waals surface area (Å²) < 4.78 is 0. The minimum absolute atomic E-state index is 0.548. The zero-order chi connectivity index (χ0) is 10.7. The van der Waals surface area contributed by atoms with E-state index in [4.69, 9.17) is 11.6 Å². The van der Waals surface area contributed by atoms with E-state index in [1.807, 2.05) is 23.9 Å². The van der Waals surface area contributed by atoms with E-state index in [1.165, 1.54) is 18.6 Å². The molecule has 2 rings (SSSR count). The van der Waals surface area contributed by atoms with Gasteiger partial charge in [0.1, 0.15) is 5.15 Å². The topological polar surface area (TPSA) is 24.9 Å². The normalized spacial score (nSPS) is 26.3. The molecular formula is C11H15ClN2S. The molecule has 1 saturated heterocycles. The number of nitrogens with zero attached hydrogens (tertiary/aromatic N) is 1. The standard InChI is InChI=1S/C11H15ClN2S/c1-8-10(3-2-6-15-8)14-9-4-5-11(12)13-7-9/h4-5,7-8,10,14H,2-3,6H2,1H3. The first-order valence-corrected chi connectivity index (χ1v) is 6.68. The van der Waals surface area contributed by atoms with Crippen LogP contribution in [0.25, 0.3) is 0 Å². The number of hydrogen-bond acceptors (Lipinski definition) is 3. The monoisotopic (exact) mass is 242 g/mol. The smallest absolute Gasteiger partial charge is 0.129 e. The Balaban J connectivity index is 1.98. The summed E-state index contributed by atoms with van der Waals surface area (Å²) >= 11 is 7.78. The highest BCUT2D eigenvalue weighted by atomic mass is 35.5. The van der Waals surface area contributed by atoms with Gasteiger partial charge < -0.3 is 5.32 Å². The van der Waals surface area contributed by atoms with Crippen molar-refractivity contribution in [2.75, 3.05) is 11.1 Å². The Kier molecular flexibility index (Phi) is 3.76. The molecule has 1 aliphatic rings. The molecule has 0 saturated carbocycles. The molecule has 0 radical (unpaired) electrons. The van der Waals surface area contributed by atoms with E-state index in [9.17, 15) is 0 Å². The fraction of sp³-hybridized carbons (Fsp3) is 0.545. The highest BCUT2D eigenvalue weighted by molar-refractivity contribution is 8.00. The van der Waals surface area contributed by atoms with E-state index < -0.39 is 0 Å². The molecule has 2 heterocycles. The van der Waals surface area contributed by atoms with Crippen LogP contribution < -0.4 is 5.32 Å². The molecule has 82 valence electrons. The van der Waals surface area contributed by atoms with Crippen molar-refractivity contribution in [3.63, 3.8) is 0 Å². The average Bonchev–Trinajstić information content (AvgIpc) is 2.25. The lowest BCUT2D eigenvalue weighted by Crippen LogP contribution is -2.32. The van der Waals surface area contributed by atoms with E-state index in [2.05, 4.69) is 17.2 Å². The van der Waals surface area contributed by atoms with E-state index in [-0.39, 0.29) is 0 Å². The Morgan fingerprint density at radius 2 is 2.40 bits per heavy atom. The van der Waals surface area contributed by atoms with Crippen molar-refractivity contribution in [3.8, 4) is 0 Å². The Hall–Kier alpha value is -0.410. The zero-order valence-corrected chi connectivity index (χ0v) is 10.3. The molecule has 1 aromatic rings. The van der Waals surface area contributed by atoms with Crippen molar-refractivity contribution in [1.29, 1.82) is 0 Å². The second-order valence-electron chi connectivity index (χ2n) is 3.84. The van der Waals surface area contributed by atoms with Gasteiger partial charge in [-0.25, -0.2) is 4.98 Å². The van der Waals surface area contributed by atoms with Crippen LogP contribution in [0, 0.1) is 0 Å².